The Morgan fingerprint density at radius 2 is 0.791 bits per heavy atom. The molecule has 0 aliphatic heterocycles. The minimum absolute atomic E-state index is 0.359. The Morgan fingerprint density at radius 1 is 0.448 bits per heavy atom. The Labute approximate surface area is 396 Å². The van der Waals surface area contributed by atoms with Crippen LogP contribution in [-0.4, -0.2) is 62.0 Å². The Morgan fingerprint density at radius 3 is 1.16 bits per heavy atom. The number of H-pyrrole nitrogens is 3. The molecule has 67 heavy (non-hydrogen) atoms. The molecule has 13 nitrogen and oxygen atoms in total. The number of benzene rings is 3. The number of aryl methyl sites for hydroxylation is 5. The first-order chi connectivity index (χ1) is 32.2. The van der Waals surface area contributed by atoms with Crippen molar-refractivity contribution >= 4 is 65.5 Å². The van der Waals surface area contributed by atoms with Crippen LogP contribution in [0.2, 0.25) is 0 Å². The Bertz CT molecular complexity index is 3320. The summed E-state index contributed by atoms with van der Waals surface area (Å²) in [7, 11) is -3.71. The van der Waals surface area contributed by atoms with Crippen LogP contribution in [0.3, 0.4) is 0 Å². The molecule has 342 valence electrons. The van der Waals surface area contributed by atoms with Gasteiger partial charge in [0.25, 0.3) is 0 Å². The molecule has 3 aromatic carbocycles. The first-order valence-electron chi connectivity index (χ1n) is 21.6. The van der Waals surface area contributed by atoms with Crippen molar-refractivity contribution < 1.29 is 12.6 Å². The normalized spacial score (nSPS) is 12.7. The van der Waals surface area contributed by atoms with Crippen molar-refractivity contribution in [1.82, 2.24) is 49.4 Å². The van der Waals surface area contributed by atoms with Crippen LogP contribution in [0.1, 0.15) is 61.6 Å². The van der Waals surface area contributed by atoms with E-state index in [1.54, 1.807) is 18.6 Å². The number of imidazole rings is 3. The highest BCUT2D eigenvalue weighted by Crippen LogP contribution is 2.23. The van der Waals surface area contributed by atoms with Crippen molar-refractivity contribution in [3.63, 3.8) is 0 Å². The van der Waals surface area contributed by atoms with Gasteiger partial charge in [-0.1, -0.05) is 12.1 Å². The molecule has 0 aliphatic rings. The molecule has 3 unspecified atom stereocenters. The fourth-order valence-corrected chi connectivity index (χ4v) is 10.5. The summed E-state index contributed by atoms with van der Waals surface area (Å²) < 4.78 is 39.8. The molecule has 7 aromatic heterocycles. The van der Waals surface area contributed by atoms with Gasteiger partial charge >= 0.3 is 0 Å². The standard InChI is InChI=1S/C19H18N4OS.2C16H17N3OS/c1-13-7-8-20-18(14(13)2)12-25(24)19-21-16-6-5-15(11-17(16)22-19)23-9-3-4-10-23;2*1-10-4-5-13-14(8-10)19-16(18-13)21(20)9-15-12(3)11(2)6-7-17-15/h3-11H,12H2,1-2H3,(H,21,22);2*4-8H,9H2,1-3H3,(H,18,19). The van der Waals surface area contributed by atoms with Crippen LogP contribution in [0.25, 0.3) is 38.8 Å². The van der Waals surface area contributed by atoms with Crippen LogP contribution >= 0.6 is 0 Å². The third kappa shape index (κ3) is 10.9. The van der Waals surface area contributed by atoms with Gasteiger partial charge in [-0.3, -0.25) is 27.6 Å². The van der Waals surface area contributed by atoms with Gasteiger partial charge in [0.1, 0.15) is 0 Å². The highest BCUT2D eigenvalue weighted by atomic mass is 32.2. The summed E-state index contributed by atoms with van der Waals surface area (Å²) in [5.74, 6) is 1.12. The fourth-order valence-electron chi connectivity index (χ4n) is 7.24. The highest BCUT2D eigenvalue weighted by Gasteiger charge is 2.17. The summed E-state index contributed by atoms with van der Waals surface area (Å²) in [6.45, 7) is 16.2. The minimum atomic E-state index is -1.26. The smallest absolute Gasteiger partial charge is 0.197 e. The molecule has 10 rings (SSSR count). The topological polar surface area (TPSA) is 181 Å². The third-order valence-corrected chi connectivity index (χ3v) is 15.2. The van der Waals surface area contributed by atoms with E-state index in [1.165, 1.54) is 0 Å². The second kappa shape index (κ2) is 20.4. The van der Waals surface area contributed by atoms with Gasteiger partial charge < -0.3 is 19.5 Å². The van der Waals surface area contributed by atoms with Crippen molar-refractivity contribution in [2.75, 3.05) is 0 Å². The van der Waals surface area contributed by atoms with E-state index in [4.69, 9.17) is 0 Å². The van der Waals surface area contributed by atoms with E-state index >= 15 is 0 Å². The molecule has 0 bridgehead atoms. The number of fused-ring (bicyclic) bond motifs is 3. The second-order valence-electron chi connectivity index (χ2n) is 16.5. The molecule has 3 atom stereocenters. The van der Waals surface area contributed by atoms with Crippen LogP contribution in [0.4, 0.5) is 0 Å². The van der Waals surface area contributed by atoms with E-state index < -0.39 is 32.4 Å². The van der Waals surface area contributed by atoms with Gasteiger partial charge in [0.2, 0.25) is 0 Å². The summed E-state index contributed by atoms with van der Waals surface area (Å²) in [4.78, 5) is 35.9. The average molecular weight is 949 g/mol. The molecule has 0 spiro atoms. The predicted octanol–water partition coefficient (Wildman–Crippen LogP) is 10.1. The summed E-state index contributed by atoms with van der Waals surface area (Å²) >= 11 is 0. The number of rotatable bonds is 10. The number of hydrogen-bond acceptors (Lipinski definition) is 9. The quantitative estimate of drug-likeness (QED) is 0.120. The lowest BCUT2D eigenvalue weighted by Gasteiger charge is -2.05. The Kier molecular flexibility index (Phi) is 14.2. The van der Waals surface area contributed by atoms with E-state index in [0.717, 1.165) is 100 Å². The average Bonchev–Trinajstić information content (AvgIpc) is 4.15. The van der Waals surface area contributed by atoms with Gasteiger partial charge in [-0.15, -0.1) is 0 Å². The van der Waals surface area contributed by atoms with E-state index in [2.05, 4.69) is 44.9 Å². The van der Waals surface area contributed by atoms with Gasteiger partial charge in [0.15, 0.2) is 15.5 Å². The van der Waals surface area contributed by atoms with Crippen LogP contribution in [0.5, 0.6) is 0 Å². The van der Waals surface area contributed by atoms with Crippen molar-refractivity contribution in [1.29, 1.82) is 0 Å². The maximum Gasteiger partial charge on any atom is 0.197 e. The Balaban J connectivity index is 0.000000137. The summed E-state index contributed by atoms with van der Waals surface area (Å²) in [6, 6.07) is 27.7. The zero-order chi connectivity index (χ0) is 47.4. The van der Waals surface area contributed by atoms with Gasteiger partial charge in [-0.25, -0.2) is 15.0 Å². The molecule has 0 amide bonds. The molecule has 0 fully saturated rings. The second-order valence-corrected chi connectivity index (χ2v) is 20.6. The lowest BCUT2D eigenvalue weighted by Crippen LogP contribution is -2.03. The maximum atomic E-state index is 12.7. The molecular weight excluding hydrogens is 897 g/mol. The SMILES string of the molecule is Cc1ccc2nc(S(=O)Cc3nccc(C)c3C)[nH]c2c1.Cc1ccc2nc(S(=O)Cc3nccc(C)c3C)[nH]c2c1.Cc1ccnc(CS(=O)c2nc3ccc(-n4cccc4)cc3[nH]2)c1C. The van der Waals surface area contributed by atoms with E-state index in [9.17, 15) is 12.6 Å². The lowest BCUT2D eigenvalue weighted by atomic mass is 10.1. The monoisotopic (exact) mass is 948 g/mol. The summed E-state index contributed by atoms with van der Waals surface area (Å²) in [5.41, 5.74) is 17.9. The van der Waals surface area contributed by atoms with Crippen LogP contribution in [0.15, 0.2) is 131 Å². The van der Waals surface area contributed by atoms with Crippen molar-refractivity contribution in [2.45, 2.75) is 88.1 Å². The number of nitrogens with one attached hydrogen (secondary N) is 3. The molecule has 16 heteroatoms. The molecule has 0 radical (unpaired) electrons. The molecule has 7 heterocycles. The fraction of sp³-hybridized carbons (Fsp3) is 0.216. The van der Waals surface area contributed by atoms with Gasteiger partial charge in [-0.05, 0) is 173 Å². The number of aromatic amines is 3. The highest BCUT2D eigenvalue weighted by molar-refractivity contribution is 7.84. The van der Waals surface area contributed by atoms with Gasteiger partial charge in [0, 0.05) is 36.7 Å². The largest absolute Gasteiger partial charge is 0.331 e. The number of hydrogen-bond donors (Lipinski definition) is 3. The van der Waals surface area contributed by atoms with Gasteiger partial charge in [0.05, 0.1) is 99.8 Å². The zero-order valence-corrected chi connectivity index (χ0v) is 41.1. The van der Waals surface area contributed by atoms with E-state index in [1.807, 2.05) is 157 Å². The first-order valence-corrected chi connectivity index (χ1v) is 25.6. The van der Waals surface area contributed by atoms with Crippen molar-refractivity contribution in [2.24, 2.45) is 0 Å². The van der Waals surface area contributed by atoms with E-state index in [-0.39, 0.29) is 0 Å². The maximum absolute atomic E-state index is 12.7. The van der Waals surface area contributed by atoms with Gasteiger partial charge in [-0.2, -0.15) is 0 Å². The molecule has 10 aromatic rings. The number of pyridine rings is 3. The molecule has 0 aliphatic carbocycles. The summed E-state index contributed by atoms with van der Waals surface area (Å²) in [6.07, 6.45) is 9.26. The van der Waals surface area contributed by atoms with E-state index in [0.29, 0.717) is 32.7 Å². The van der Waals surface area contributed by atoms with Crippen molar-refractivity contribution in [3.8, 4) is 5.69 Å². The summed E-state index contributed by atoms with van der Waals surface area (Å²) in [5, 5.41) is 1.51. The molecule has 3 N–H and O–H groups in total. The number of aromatic nitrogens is 10. The lowest BCUT2D eigenvalue weighted by molar-refractivity contribution is 0.676. The predicted molar refractivity (Wildman–Crippen MR) is 269 cm³/mol. The molecular formula is C51H52N10O3S3. The van der Waals surface area contributed by atoms with Crippen LogP contribution in [0, 0.1) is 55.4 Å². The van der Waals surface area contributed by atoms with Crippen molar-refractivity contribution in [3.05, 3.63) is 178 Å². The molecule has 0 saturated heterocycles. The zero-order valence-electron chi connectivity index (χ0n) is 38.7. The minimum Gasteiger partial charge on any atom is -0.331 e. The Hall–Kier alpha value is -6.75. The van der Waals surface area contributed by atoms with Crippen LogP contribution in [-0.2, 0) is 49.7 Å². The first kappa shape index (κ1) is 46.8. The third-order valence-electron chi connectivity index (χ3n) is 11.8. The number of nitrogens with zero attached hydrogens (tertiary/aromatic N) is 7. The van der Waals surface area contributed by atoms with Crippen LogP contribution < -0.4 is 0 Å². The molecule has 0 saturated carbocycles.